The maximum absolute atomic E-state index is 13.2. The Morgan fingerprint density at radius 2 is 2.18 bits per heavy atom. The lowest BCUT2D eigenvalue weighted by molar-refractivity contribution is 0.104. The van der Waals surface area contributed by atoms with Crippen molar-refractivity contribution in [3.05, 3.63) is 50.4 Å². The van der Waals surface area contributed by atoms with Gasteiger partial charge in [0, 0.05) is 10.0 Å². The summed E-state index contributed by atoms with van der Waals surface area (Å²) in [6.45, 7) is 0. The van der Waals surface area contributed by atoms with E-state index < -0.39 is 5.82 Å². The fourth-order valence-corrected chi connectivity index (χ4v) is 2.90. The first-order chi connectivity index (χ1) is 8.13. The smallest absolute Gasteiger partial charge is 0.204 e. The molecule has 0 aliphatic carbocycles. The van der Waals surface area contributed by atoms with Crippen molar-refractivity contribution < 1.29 is 13.9 Å². The summed E-state index contributed by atoms with van der Waals surface area (Å²) in [6.07, 6.45) is 0. The van der Waals surface area contributed by atoms with Crippen LogP contribution >= 0.6 is 27.3 Å². The molecule has 0 aliphatic heterocycles. The zero-order chi connectivity index (χ0) is 12.4. The van der Waals surface area contributed by atoms with Gasteiger partial charge in [0.25, 0.3) is 0 Å². The second kappa shape index (κ2) is 4.98. The van der Waals surface area contributed by atoms with Crippen molar-refractivity contribution in [2.75, 3.05) is 7.11 Å². The predicted molar refractivity (Wildman–Crippen MR) is 68.4 cm³/mol. The van der Waals surface area contributed by atoms with E-state index in [0.29, 0.717) is 10.4 Å². The topological polar surface area (TPSA) is 26.3 Å². The van der Waals surface area contributed by atoms with Gasteiger partial charge in [-0.2, -0.15) is 0 Å². The Kier molecular flexibility index (Phi) is 3.59. The van der Waals surface area contributed by atoms with Crippen molar-refractivity contribution in [3.63, 3.8) is 0 Å². The van der Waals surface area contributed by atoms with Crippen LogP contribution in [0.4, 0.5) is 4.39 Å². The van der Waals surface area contributed by atoms with E-state index >= 15 is 0 Å². The number of benzene rings is 1. The van der Waals surface area contributed by atoms with Gasteiger partial charge in [-0.15, -0.1) is 11.3 Å². The van der Waals surface area contributed by atoms with E-state index in [2.05, 4.69) is 15.9 Å². The Morgan fingerprint density at radius 1 is 1.41 bits per heavy atom. The van der Waals surface area contributed by atoms with Crippen molar-refractivity contribution in [1.82, 2.24) is 0 Å². The van der Waals surface area contributed by atoms with Crippen LogP contribution in [0.1, 0.15) is 15.2 Å². The zero-order valence-corrected chi connectivity index (χ0v) is 11.3. The van der Waals surface area contributed by atoms with Crippen molar-refractivity contribution in [3.8, 4) is 5.75 Å². The largest absolute Gasteiger partial charge is 0.494 e. The van der Waals surface area contributed by atoms with Crippen molar-refractivity contribution >= 4 is 33.0 Å². The molecule has 0 bridgehead atoms. The molecule has 2 rings (SSSR count). The molecular formula is C12H8BrFO2S. The minimum Gasteiger partial charge on any atom is -0.494 e. The van der Waals surface area contributed by atoms with E-state index in [1.165, 1.54) is 36.6 Å². The third-order valence-corrected chi connectivity index (χ3v) is 4.07. The first-order valence-corrected chi connectivity index (χ1v) is 6.42. The number of carbonyl (C=O) groups is 1. The van der Waals surface area contributed by atoms with E-state index in [0.717, 1.165) is 4.47 Å². The van der Waals surface area contributed by atoms with Crippen LogP contribution in [0.25, 0.3) is 0 Å². The van der Waals surface area contributed by atoms with E-state index in [1.807, 2.05) is 5.38 Å². The molecule has 2 nitrogen and oxygen atoms in total. The number of halogens is 2. The van der Waals surface area contributed by atoms with Gasteiger partial charge in [0.15, 0.2) is 11.6 Å². The monoisotopic (exact) mass is 314 g/mol. The molecule has 0 amide bonds. The minimum absolute atomic E-state index is 0.0727. The van der Waals surface area contributed by atoms with Gasteiger partial charge in [-0.1, -0.05) is 0 Å². The van der Waals surface area contributed by atoms with Gasteiger partial charge < -0.3 is 4.74 Å². The molecule has 0 saturated heterocycles. The molecule has 0 N–H and O–H groups in total. The van der Waals surface area contributed by atoms with Gasteiger partial charge >= 0.3 is 0 Å². The third-order valence-electron chi connectivity index (χ3n) is 2.24. The van der Waals surface area contributed by atoms with Crippen molar-refractivity contribution in [2.24, 2.45) is 0 Å². The minimum atomic E-state index is -0.478. The fourth-order valence-electron chi connectivity index (χ4n) is 1.39. The lowest BCUT2D eigenvalue weighted by Crippen LogP contribution is -2.01. The molecule has 0 radical (unpaired) electrons. The highest BCUT2D eigenvalue weighted by molar-refractivity contribution is 9.10. The average molecular weight is 315 g/mol. The SMILES string of the molecule is COc1cc(C(=O)c2sccc2Br)ccc1F. The summed E-state index contributed by atoms with van der Waals surface area (Å²) in [7, 11) is 1.37. The number of ether oxygens (including phenoxy) is 1. The molecule has 1 aromatic heterocycles. The Hall–Kier alpha value is -1.20. The third kappa shape index (κ3) is 2.40. The standard InChI is InChI=1S/C12H8BrFO2S/c1-16-10-6-7(2-3-9(10)14)11(15)12-8(13)4-5-17-12/h2-6H,1H3. The molecule has 17 heavy (non-hydrogen) atoms. The van der Waals surface area contributed by atoms with Gasteiger partial charge in [-0.05, 0) is 45.6 Å². The fraction of sp³-hybridized carbons (Fsp3) is 0.0833. The molecular weight excluding hydrogens is 307 g/mol. The summed E-state index contributed by atoms with van der Waals surface area (Å²) in [5.74, 6) is -0.553. The average Bonchev–Trinajstić information content (AvgIpc) is 2.75. The van der Waals surface area contributed by atoms with Crippen molar-refractivity contribution in [1.29, 1.82) is 0 Å². The van der Waals surface area contributed by atoms with Gasteiger partial charge in [0.05, 0.1) is 12.0 Å². The Labute approximate surface area is 110 Å². The molecule has 0 spiro atoms. The first kappa shape index (κ1) is 12.3. The molecule has 1 aromatic carbocycles. The number of hydrogen-bond acceptors (Lipinski definition) is 3. The predicted octanol–water partition coefficient (Wildman–Crippen LogP) is 3.89. The van der Waals surface area contributed by atoms with Crippen LogP contribution in [-0.2, 0) is 0 Å². The van der Waals surface area contributed by atoms with Gasteiger partial charge in [0.2, 0.25) is 5.78 Å². The highest BCUT2D eigenvalue weighted by atomic mass is 79.9. The summed E-state index contributed by atoms with van der Waals surface area (Å²) in [6, 6.07) is 5.89. The molecule has 1 heterocycles. The highest BCUT2D eigenvalue weighted by Crippen LogP contribution is 2.27. The summed E-state index contributed by atoms with van der Waals surface area (Å²) < 4.78 is 18.8. The normalized spacial score (nSPS) is 10.3. The highest BCUT2D eigenvalue weighted by Gasteiger charge is 2.15. The number of rotatable bonds is 3. The molecule has 0 fully saturated rings. The van der Waals surface area contributed by atoms with Crippen LogP contribution in [0.5, 0.6) is 5.75 Å². The molecule has 0 unspecified atom stereocenters. The lowest BCUT2D eigenvalue weighted by Gasteiger charge is -2.04. The van der Waals surface area contributed by atoms with E-state index in [4.69, 9.17) is 4.74 Å². The maximum atomic E-state index is 13.2. The zero-order valence-electron chi connectivity index (χ0n) is 8.87. The van der Waals surface area contributed by atoms with E-state index in [9.17, 15) is 9.18 Å². The summed E-state index contributed by atoms with van der Waals surface area (Å²) >= 11 is 4.64. The van der Waals surface area contributed by atoms with Gasteiger partial charge in [0.1, 0.15) is 0 Å². The number of thiophene rings is 1. The quantitative estimate of drug-likeness (QED) is 0.803. The van der Waals surface area contributed by atoms with Crippen LogP contribution in [0.3, 0.4) is 0 Å². The summed E-state index contributed by atoms with van der Waals surface area (Å²) in [4.78, 5) is 12.7. The maximum Gasteiger partial charge on any atom is 0.204 e. The Morgan fingerprint density at radius 3 is 2.76 bits per heavy atom. The molecule has 88 valence electrons. The van der Waals surface area contributed by atoms with Crippen LogP contribution in [0.15, 0.2) is 34.1 Å². The number of hydrogen-bond donors (Lipinski definition) is 0. The summed E-state index contributed by atoms with van der Waals surface area (Å²) in [5, 5.41) is 1.82. The van der Waals surface area contributed by atoms with Crippen molar-refractivity contribution in [2.45, 2.75) is 0 Å². The van der Waals surface area contributed by atoms with Gasteiger partial charge in [-0.3, -0.25) is 4.79 Å². The summed E-state index contributed by atoms with van der Waals surface area (Å²) in [5.41, 5.74) is 0.409. The first-order valence-electron chi connectivity index (χ1n) is 4.74. The van der Waals surface area contributed by atoms with Crippen LogP contribution in [-0.4, -0.2) is 12.9 Å². The number of methoxy groups -OCH3 is 1. The second-order valence-corrected chi connectivity index (χ2v) is 5.05. The molecule has 0 aliphatic rings. The van der Waals surface area contributed by atoms with Crippen LogP contribution in [0, 0.1) is 5.82 Å². The van der Waals surface area contributed by atoms with Crippen LogP contribution < -0.4 is 4.74 Å². The Bertz CT molecular complexity index is 565. The molecule has 0 saturated carbocycles. The van der Waals surface area contributed by atoms with E-state index in [-0.39, 0.29) is 11.5 Å². The number of ketones is 1. The van der Waals surface area contributed by atoms with E-state index in [1.54, 1.807) is 6.07 Å². The second-order valence-electron chi connectivity index (χ2n) is 3.28. The lowest BCUT2D eigenvalue weighted by atomic mass is 10.1. The Balaban J connectivity index is 2.41. The molecule has 0 atom stereocenters. The molecule has 5 heteroatoms. The van der Waals surface area contributed by atoms with Gasteiger partial charge in [-0.25, -0.2) is 4.39 Å². The number of carbonyl (C=O) groups excluding carboxylic acids is 1. The molecule has 2 aromatic rings. The van der Waals surface area contributed by atoms with Crippen LogP contribution in [0.2, 0.25) is 0 Å².